The number of aromatic nitrogens is 1. The average Bonchev–Trinajstić information content (AvgIpc) is 3.28. The van der Waals surface area contributed by atoms with Gasteiger partial charge in [-0.15, -0.1) is 0 Å². The number of ether oxygens (including phenoxy) is 2. The minimum Gasteiger partial charge on any atom is -0.494 e. The number of nitrogens with two attached hydrogens (primary N) is 2. The van der Waals surface area contributed by atoms with Gasteiger partial charge >= 0.3 is 5.97 Å². The maximum absolute atomic E-state index is 15.1. The molecule has 3 rings (SSSR count). The molecule has 0 aliphatic carbocycles. The van der Waals surface area contributed by atoms with Crippen molar-refractivity contribution in [1.82, 2.24) is 9.69 Å². The molecule has 3 amide bonds. The lowest BCUT2D eigenvalue weighted by atomic mass is 10.0. The second-order valence-corrected chi connectivity index (χ2v) is 8.47. The highest BCUT2D eigenvalue weighted by atomic mass is 32.1. The zero-order chi connectivity index (χ0) is 27.8. The Kier molecular flexibility index (Phi) is 9.33. The lowest BCUT2D eigenvalue weighted by molar-refractivity contribution is -0.143. The Bertz CT molecular complexity index is 1330. The van der Waals surface area contributed by atoms with Crippen molar-refractivity contribution in [2.75, 3.05) is 30.4 Å². The van der Waals surface area contributed by atoms with E-state index in [-0.39, 0.29) is 34.1 Å². The number of amides is 3. The van der Waals surface area contributed by atoms with Crippen LogP contribution in [0, 0.1) is 5.82 Å². The Morgan fingerprint density at radius 3 is 2.34 bits per heavy atom. The summed E-state index contributed by atoms with van der Waals surface area (Å²) < 4.78 is 29.3. The van der Waals surface area contributed by atoms with Crippen molar-refractivity contribution in [1.29, 1.82) is 0 Å². The summed E-state index contributed by atoms with van der Waals surface area (Å²) >= 11 is 0.584. The van der Waals surface area contributed by atoms with Crippen molar-refractivity contribution in [2.45, 2.75) is 19.9 Å². The van der Waals surface area contributed by atoms with Gasteiger partial charge in [0.2, 0.25) is 5.91 Å². The number of carbonyl (C=O) groups is 4. The van der Waals surface area contributed by atoms with Crippen LogP contribution in [0.15, 0.2) is 48.5 Å². The van der Waals surface area contributed by atoms with E-state index in [9.17, 15) is 19.2 Å². The van der Waals surface area contributed by atoms with Crippen molar-refractivity contribution in [2.24, 2.45) is 5.73 Å². The molecule has 5 N–H and O–H groups in total. The van der Waals surface area contributed by atoms with Gasteiger partial charge in [0.15, 0.2) is 5.69 Å². The number of anilines is 2. The molecule has 0 saturated heterocycles. The fourth-order valence-corrected chi connectivity index (χ4v) is 4.29. The molecule has 0 saturated carbocycles. The number of para-hydroxylation sites is 1. The van der Waals surface area contributed by atoms with Crippen molar-refractivity contribution >= 4 is 46.6 Å². The first-order chi connectivity index (χ1) is 18.2. The predicted octanol–water partition coefficient (Wildman–Crippen LogP) is 2.43. The number of nitrogen functional groups attached to an aromatic ring is 1. The fraction of sp³-hybridized carbons (Fsp3) is 0.240. The van der Waals surface area contributed by atoms with Gasteiger partial charge in [-0.25, -0.2) is 4.39 Å². The van der Waals surface area contributed by atoms with Gasteiger partial charge in [-0.2, -0.15) is 4.37 Å². The molecule has 0 unspecified atom stereocenters. The molecular weight excluding hydrogens is 517 g/mol. The number of esters is 1. The number of hydrogen-bond acceptors (Lipinski definition) is 9. The Morgan fingerprint density at radius 2 is 1.76 bits per heavy atom. The summed E-state index contributed by atoms with van der Waals surface area (Å²) in [5.74, 6) is -3.69. The van der Waals surface area contributed by atoms with Gasteiger partial charge in [0.25, 0.3) is 11.8 Å². The Labute approximate surface area is 221 Å². The van der Waals surface area contributed by atoms with Gasteiger partial charge in [0, 0.05) is 0 Å². The molecule has 0 bridgehead atoms. The van der Waals surface area contributed by atoms with Crippen LogP contribution in [-0.4, -0.2) is 47.8 Å². The Morgan fingerprint density at radius 1 is 1.08 bits per heavy atom. The van der Waals surface area contributed by atoms with E-state index >= 15 is 4.39 Å². The number of hydrogen-bond donors (Lipinski definition) is 3. The highest BCUT2D eigenvalue weighted by Gasteiger charge is 2.37. The number of nitrogens with one attached hydrogen (secondary N) is 1. The summed E-state index contributed by atoms with van der Waals surface area (Å²) in [6.07, 6.45) is 0. The van der Waals surface area contributed by atoms with Crippen LogP contribution in [0.4, 0.5) is 15.8 Å². The molecule has 200 valence electrons. The van der Waals surface area contributed by atoms with Crippen molar-refractivity contribution < 1.29 is 33.0 Å². The number of rotatable bonds is 11. The summed E-state index contributed by atoms with van der Waals surface area (Å²) in [4.78, 5) is 51.7. The molecule has 38 heavy (non-hydrogen) atoms. The molecule has 11 nitrogen and oxygen atoms in total. The maximum Gasteiger partial charge on any atom is 0.325 e. The largest absolute Gasteiger partial charge is 0.494 e. The number of nitrogens with zero attached hydrogens (tertiary/aromatic N) is 2. The van der Waals surface area contributed by atoms with Crippen molar-refractivity contribution in [3.8, 4) is 5.75 Å². The minimum atomic E-state index is -1.48. The van der Waals surface area contributed by atoms with Crippen LogP contribution in [0.5, 0.6) is 5.75 Å². The first-order valence-electron chi connectivity index (χ1n) is 11.5. The molecule has 1 heterocycles. The molecular formula is C25H26FN5O6S. The molecule has 0 aliphatic rings. The van der Waals surface area contributed by atoms with E-state index in [1.54, 1.807) is 26.0 Å². The van der Waals surface area contributed by atoms with Crippen molar-refractivity contribution in [3.63, 3.8) is 0 Å². The fourth-order valence-electron chi connectivity index (χ4n) is 3.55. The third kappa shape index (κ3) is 6.24. The third-order valence-corrected chi connectivity index (χ3v) is 6.06. The second kappa shape index (κ2) is 12.6. The summed E-state index contributed by atoms with van der Waals surface area (Å²) in [5.41, 5.74) is 10.7. The first kappa shape index (κ1) is 28.1. The van der Waals surface area contributed by atoms with Gasteiger partial charge in [-0.05, 0) is 55.2 Å². The summed E-state index contributed by atoms with van der Waals surface area (Å²) in [7, 11) is 0. The van der Waals surface area contributed by atoms with Crippen LogP contribution >= 0.6 is 11.5 Å². The van der Waals surface area contributed by atoms with E-state index in [0.29, 0.717) is 23.9 Å². The number of benzene rings is 2. The molecule has 0 fully saturated rings. The van der Waals surface area contributed by atoms with Gasteiger partial charge < -0.3 is 26.3 Å². The van der Waals surface area contributed by atoms with Crippen LogP contribution in [0.25, 0.3) is 0 Å². The smallest absolute Gasteiger partial charge is 0.325 e. The van der Waals surface area contributed by atoms with E-state index < -0.39 is 42.1 Å². The summed E-state index contributed by atoms with van der Waals surface area (Å²) in [6.45, 7) is 3.42. The van der Waals surface area contributed by atoms with E-state index in [1.165, 1.54) is 30.3 Å². The quantitative estimate of drug-likeness (QED) is 0.310. The molecule has 2 aromatic carbocycles. The summed E-state index contributed by atoms with van der Waals surface area (Å²) in [5, 5.41) is 2.44. The SMILES string of the molecule is CCOC(=O)CNC(=O)[C@@H](c1ccc(OCC)cc1)N(C(=O)c1snc(C(N)=O)c1N)c1ccccc1F. The van der Waals surface area contributed by atoms with E-state index in [2.05, 4.69) is 9.69 Å². The highest BCUT2D eigenvalue weighted by Crippen LogP contribution is 2.35. The molecule has 1 aromatic heterocycles. The zero-order valence-corrected chi connectivity index (χ0v) is 21.4. The molecule has 1 atom stereocenters. The minimum absolute atomic E-state index is 0.101. The normalized spacial score (nSPS) is 11.3. The molecule has 3 aromatic rings. The van der Waals surface area contributed by atoms with Crippen LogP contribution < -0.4 is 26.4 Å². The lowest BCUT2D eigenvalue weighted by Gasteiger charge is -2.31. The lowest BCUT2D eigenvalue weighted by Crippen LogP contribution is -2.45. The van der Waals surface area contributed by atoms with Gasteiger partial charge in [0.05, 0.1) is 24.6 Å². The number of carbonyl (C=O) groups excluding carboxylic acids is 4. The zero-order valence-electron chi connectivity index (χ0n) is 20.6. The topological polar surface area (TPSA) is 167 Å². The number of halogens is 1. The Balaban J connectivity index is 2.17. The van der Waals surface area contributed by atoms with Crippen molar-refractivity contribution in [3.05, 3.63) is 70.5 Å². The molecule has 13 heteroatoms. The van der Waals surface area contributed by atoms with E-state index in [0.717, 1.165) is 11.0 Å². The maximum atomic E-state index is 15.1. The van der Waals surface area contributed by atoms with Gasteiger partial charge in [0.1, 0.15) is 29.0 Å². The van der Waals surface area contributed by atoms with Crippen LogP contribution in [0.3, 0.4) is 0 Å². The first-order valence-corrected chi connectivity index (χ1v) is 12.3. The van der Waals surface area contributed by atoms with Gasteiger partial charge in [-0.1, -0.05) is 24.3 Å². The standard InChI is InChI=1S/C25H26FN5O6S/c1-3-36-15-11-9-14(10-12-15)21(24(34)29-13-18(32)37-4-2)31(17-8-6-5-7-16(17)26)25(35)22-19(27)20(23(28)33)30-38-22/h5-12,21H,3-4,13,27H2,1-2H3,(H2,28,33)(H,29,34)/t21-/m1/s1. The molecule has 0 aliphatic heterocycles. The summed E-state index contributed by atoms with van der Waals surface area (Å²) in [6, 6.07) is 10.1. The highest BCUT2D eigenvalue weighted by molar-refractivity contribution is 7.09. The van der Waals surface area contributed by atoms with Gasteiger partial charge in [-0.3, -0.25) is 24.1 Å². The van der Waals surface area contributed by atoms with E-state index in [1.807, 2.05) is 0 Å². The van der Waals surface area contributed by atoms with Crippen LogP contribution in [0.1, 0.15) is 45.6 Å². The predicted molar refractivity (Wildman–Crippen MR) is 138 cm³/mol. The third-order valence-electron chi connectivity index (χ3n) is 5.21. The Hall–Kier alpha value is -4.52. The van der Waals surface area contributed by atoms with Crippen LogP contribution in [0.2, 0.25) is 0 Å². The van der Waals surface area contributed by atoms with Crippen LogP contribution in [-0.2, 0) is 14.3 Å². The number of primary amides is 1. The van der Waals surface area contributed by atoms with E-state index in [4.69, 9.17) is 20.9 Å². The monoisotopic (exact) mass is 543 g/mol. The second-order valence-electron chi connectivity index (χ2n) is 7.69. The molecule has 0 spiro atoms. The molecule has 0 radical (unpaired) electrons. The average molecular weight is 544 g/mol.